The fraction of sp³-hybridized carbons (Fsp3) is 0.154. The maximum absolute atomic E-state index is 10.6. The second-order valence-electron chi connectivity index (χ2n) is 4.32. The lowest BCUT2D eigenvalue weighted by Crippen LogP contribution is -2.20. The van der Waals surface area contributed by atoms with Crippen LogP contribution in [0.2, 0.25) is 10.0 Å². The average molecular weight is 326 g/mol. The van der Waals surface area contributed by atoms with Crippen LogP contribution >= 0.6 is 23.2 Å². The Morgan fingerprint density at radius 1 is 1.43 bits per heavy atom. The number of hydrogen-bond donors (Lipinski definition) is 2. The fourth-order valence-corrected chi connectivity index (χ4v) is 2.21. The van der Waals surface area contributed by atoms with Gasteiger partial charge in [0.2, 0.25) is 12.4 Å². The minimum absolute atomic E-state index is 0.116. The summed E-state index contributed by atoms with van der Waals surface area (Å²) >= 11 is 12.1. The molecule has 0 aliphatic heterocycles. The first-order valence-electron chi connectivity index (χ1n) is 5.99. The lowest BCUT2D eigenvalue weighted by molar-refractivity contribution is -0.105. The molecule has 110 valence electrons. The Kier molecular flexibility index (Phi) is 4.82. The molecule has 8 heteroatoms. The third-order valence-electron chi connectivity index (χ3n) is 2.78. The van der Waals surface area contributed by atoms with Crippen molar-refractivity contribution < 1.29 is 4.79 Å². The van der Waals surface area contributed by atoms with Gasteiger partial charge in [-0.1, -0.05) is 23.2 Å². The summed E-state index contributed by atoms with van der Waals surface area (Å²) in [5, 5.41) is 3.72. The Morgan fingerprint density at radius 3 is 2.90 bits per heavy atom. The summed E-state index contributed by atoms with van der Waals surface area (Å²) in [5.74, 6) is 0.608. The van der Waals surface area contributed by atoms with Crippen LogP contribution in [-0.2, 0) is 11.3 Å². The van der Waals surface area contributed by atoms with Gasteiger partial charge in [-0.3, -0.25) is 4.79 Å². The number of aromatic nitrogens is 2. The lowest BCUT2D eigenvalue weighted by atomic mass is 10.2. The number of nitrogen functional groups attached to an aromatic ring is 1. The number of halogens is 2. The van der Waals surface area contributed by atoms with E-state index in [2.05, 4.69) is 15.3 Å². The number of hydrogen-bond acceptors (Lipinski definition) is 5. The molecule has 0 aliphatic rings. The molecule has 0 spiro atoms. The van der Waals surface area contributed by atoms with Crippen LogP contribution in [0.5, 0.6) is 0 Å². The van der Waals surface area contributed by atoms with E-state index in [1.807, 2.05) is 0 Å². The first-order valence-corrected chi connectivity index (χ1v) is 6.74. The summed E-state index contributed by atoms with van der Waals surface area (Å²) in [4.78, 5) is 20.4. The molecule has 1 amide bonds. The number of carbonyl (C=O) groups is 1. The van der Waals surface area contributed by atoms with Crippen LogP contribution in [0.25, 0.3) is 0 Å². The van der Waals surface area contributed by atoms with Crippen molar-refractivity contribution in [3.63, 3.8) is 0 Å². The molecule has 6 nitrogen and oxygen atoms in total. The topological polar surface area (TPSA) is 84.1 Å². The van der Waals surface area contributed by atoms with E-state index < -0.39 is 0 Å². The van der Waals surface area contributed by atoms with Gasteiger partial charge in [0.25, 0.3) is 0 Å². The molecule has 0 atom stereocenters. The van der Waals surface area contributed by atoms with Gasteiger partial charge in [0.05, 0.1) is 6.20 Å². The SMILES string of the molecule is CN(Cc1cc(Cl)ccc1Cl)c1nc(N)ncc1NC=O. The van der Waals surface area contributed by atoms with Crippen molar-refractivity contribution in [2.24, 2.45) is 0 Å². The van der Waals surface area contributed by atoms with Gasteiger partial charge in [-0.15, -0.1) is 0 Å². The Bertz CT molecular complexity index is 665. The smallest absolute Gasteiger partial charge is 0.222 e. The van der Waals surface area contributed by atoms with Crippen LogP contribution in [0.4, 0.5) is 17.5 Å². The van der Waals surface area contributed by atoms with Crippen molar-refractivity contribution in [2.45, 2.75) is 6.54 Å². The summed E-state index contributed by atoms with van der Waals surface area (Å²) in [7, 11) is 1.80. The fourth-order valence-electron chi connectivity index (χ4n) is 1.84. The summed E-state index contributed by atoms with van der Waals surface area (Å²) in [5.41, 5.74) is 6.89. The number of amides is 1. The molecule has 0 unspecified atom stereocenters. The summed E-state index contributed by atoms with van der Waals surface area (Å²) in [6.45, 7) is 0.448. The van der Waals surface area contributed by atoms with Crippen molar-refractivity contribution in [1.82, 2.24) is 9.97 Å². The van der Waals surface area contributed by atoms with Crippen LogP contribution in [0, 0.1) is 0 Å². The number of anilines is 3. The molecule has 2 aromatic rings. The molecule has 2 rings (SSSR count). The van der Waals surface area contributed by atoms with Gasteiger partial charge < -0.3 is 16.0 Å². The molecule has 1 aromatic heterocycles. The van der Waals surface area contributed by atoms with E-state index in [-0.39, 0.29) is 5.95 Å². The molecular formula is C13H13Cl2N5O. The predicted octanol–water partition coefficient (Wildman–Crippen LogP) is 2.57. The number of nitrogens with zero attached hydrogens (tertiary/aromatic N) is 3. The highest BCUT2D eigenvalue weighted by molar-refractivity contribution is 6.33. The van der Waals surface area contributed by atoms with Gasteiger partial charge in [0, 0.05) is 23.6 Å². The Balaban J connectivity index is 2.31. The van der Waals surface area contributed by atoms with Crippen molar-refractivity contribution in [3.05, 3.63) is 40.0 Å². The third kappa shape index (κ3) is 3.74. The zero-order valence-electron chi connectivity index (χ0n) is 11.2. The van der Waals surface area contributed by atoms with Crippen molar-refractivity contribution in [3.8, 4) is 0 Å². The highest BCUT2D eigenvalue weighted by Gasteiger charge is 2.13. The predicted molar refractivity (Wildman–Crippen MR) is 84.7 cm³/mol. The molecular weight excluding hydrogens is 313 g/mol. The number of rotatable bonds is 5. The summed E-state index contributed by atoms with van der Waals surface area (Å²) in [6.07, 6.45) is 2.00. The molecule has 1 heterocycles. The quantitative estimate of drug-likeness (QED) is 0.825. The molecule has 21 heavy (non-hydrogen) atoms. The number of nitrogens with one attached hydrogen (secondary N) is 1. The minimum atomic E-state index is 0.116. The van der Waals surface area contributed by atoms with Gasteiger partial charge in [0.15, 0.2) is 5.82 Å². The van der Waals surface area contributed by atoms with E-state index in [0.29, 0.717) is 34.5 Å². The largest absolute Gasteiger partial charge is 0.368 e. The molecule has 0 radical (unpaired) electrons. The standard InChI is InChI=1S/C13H13Cl2N5O/c1-20(6-8-4-9(14)2-3-10(8)15)12-11(18-7-21)5-17-13(16)19-12/h2-5,7H,6H2,1H3,(H,18,21)(H2,16,17,19). The van der Waals surface area contributed by atoms with Crippen molar-refractivity contribution in [1.29, 1.82) is 0 Å². The van der Waals surface area contributed by atoms with Crippen LogP contribution in [0.1, 0.15) is 5.56 Å². The highest BCUT2D eigenvalue weighted by Crippen LogP contribution is 2.26. The third-order valence-corrected chi connectivity index (χ3v) is 3.38. The van der Waals surface area contributed by atoms with E-state index >= 15 is 0 Å². The van der Waals surface area contributed by atoms with Gasteiger partial charge in [-0.25, -0.2) is 4.98 Å². The monoisotopic (exact) mass is 325 g/mol. The molecule has 1 aromatic carbocycles. The Morgan fingerprint density at radius 2 is 2.19 bits per heavy atom. The van der Waals surface area contributed by atoms with Gasteiger partial charge >= 0.3 is 0 Å². The first kappa shape index (κ1) is 15.3. The number of nitrogens with two attached hydrogens (primary N) is 1. The maximum Gasteiger partial charge on any atom is 0.222 e. The van der Waals surface area contributed by atoms with Crippen molar-refractivity contribution >= 4 is 47.1 Å². The summed E-state index contributed by atoms with van der Waals surface area (Å²) in [6, 6.07) is 5.22. The second kappa shape index (κ2) is 6.60. The van der Waals surface area contributed by atoms with E-state index in [1.54, 1.807) is 30.1 Å². The second-order valence-corrected chi connectivity index (χ2v) is 5.16. The van der Waals surface area contributed by atoms with Gasteiger partial charge in [-0.05, 0) is 23.8 Å². The molecule has 0 bridgehead atoms. The number of benzene rings is 1. The van der Waals surface area contributed by atoms with E-state index in [4.69, 9.17) is 28.9 Å². The van der Waals surface area contributed by atoms with E-state index in [1.165, 1.54) is 6.20 Å². The maximum atomic E-state index is 10.6. The molecule has 0 fully saturated rings. The lowest BCUT2D eigenvalue weighted by Gasteiger charge is -2.21. The average Bonchev–Trinajstić information content (AvgIpc) is 2.45. The molecule has 0 saturated heterocycles. The van der Waals surface area contributed by atoms with Crippen LogP contribution < -0.4 is 16.0 Å². The van der Waals surface area contributed by atoms with Crippen LogP contribution in [0.3, 0.4) is 0 Å². The minimum Gasteiger partial charge on any atom is -0.368 e. The molecule has 0 saturated carbocycles. The molecule has 0 aliphatic carbocycles. The van der Waals surface area contributed by atoms with Crippen molar-refractivity contribution in [2.75, 3.05) is 23.0 Å². The zero-order chi connectivity index (χ0) is 15.4. The number of carbonyl (C=O) groups excluding carboxylic acids is 1. The van der Waals surface area contributed by atoms with E-state index in [0.717, 1.165) is 5.56 Å². The normalized spacial score (nSPS) is 10.2. The zero-order valence-corrected chi connectivity index (χ0v) is 12.7. The Labute approximate surface area is 131 Å². The first-order chi connectivity index (χ1) is 10.0. The summed E-state index contributed by atoms with van der Waals surface area (Å²) < 4.78 is 0. The van der Waals surface area contributed by atoms with Gasteiger partial charge in [0.1, 0.15) is 5.69 Å². The Hall–Kier alpha value is -2.05. The van der Waals surface area contributed by atoms with E-state index in [9.17, 15) is 4.79 Å². The van der Waals surface area contributed by atoms with Crippen LogP contribution in [-0.4, -0.2) is 23.4 Å². The van der Waals surface area contributed by atoms with Gasteiger partial charge in [-0.2, -0.15) is 4.98 Å². The van der Waals surface area contributed by atoms with Crippen LogP contribution in [0.15, 0.2) is 24.4 Å². The molecule has 3 N–H and O–H groups in total. The highest BCUT2D eigenvalue weighted by atomic mass is 35.5.